The van der Waals surface area contributed by atoms with Crippen molar-refractivity contribution in [1.29, 1.82) is 0 Å². The van der Waals surface area contributed by atoms with Gasteiger partial charge >= 0.3 is 0 Å². The second-order valence-electron chi connectivity index (χ2n) is 3.65. The molecule has 0 N–H and O–H groups in total. The van der Waals surface area contributed by atoms with E-state index in [4.69, 9.17) is 0 Å². The van der Waals surface area contributed by atoms with Crippen LogP contribution in [0, 0.1) is 11.8 Å². The molecule has 2 aromatic rings. The maximum absolute atomic E-state index is 11.0. The lowest BCUT2D eigenvalue weighted by molar-refractivity contribution is 0.111. The van der Waals surface area contributed by atoms with Gasteiger partial charge in [-0.15, -0.1) is 4.91 Å². The quantitative estimate of drug-likeness (QED) is 0.597. The van der Waals surface area contributed by atoms with E-state index >= 15 is 0 Å². The Morgan fingerprint density at radius 3 is 2.76 bits per heavy atom. The van der Waals surface area contributed by atoms with Gasteiger partial charge in [-0.25, -0.2) is 4.68 Å². The van der Waals surface area contributed by atoms with Crippen LogP contribution in [-0.2, 0) is 0 Å². The zero-order valence-electron chi connectivity index (χ0n) is 9.28. The summed E-state index contributed by atoms with van der Waals surface area (Å²) in [7, 11) is 0. The number of aryl methyl sites for hydroxylation is 1. The summed E-state index contributed by atoms with van der Waals surface area (Å²) in [5.41, 5.74) is 2.01. The van der Waals surface area contributed by atoms with Crippen LogP contribution in [0.3, 0.4) is 0 Å². The van der Waals surface area contributed by atoms with Gasteiger partial charge in [-0.2, -0.15) is 5.10 Å². The number of rotatable bonds is 4. The van der Waals surface area contributed by atoms with Crippen LogP contribution in [0.25, 0.3) is 0 Å². The Morgan fingerprint density at radius 1 is 1.35 bits per heavy atom. The molecule has 1 heterocycles. The third-order valence-corrected chi connectivity index (χ3v) is 2.62. The molecule has 1 unspecified atom stereocenters. The van der Waals surface area contributed by atoms with E-state index in [2.05, 4.69) is 10.3 Å². The number of nitroso groups, excluding NO2 is 1. The SMILES string of the molecule is Cc1ccccc1C(N=O)n1nccc1C=O. The number of hydrogen-bond donors (Lipinski definition) is 0. The number of carbonyl (C=O) groups excluding carboxylic acids is 1. The zero-order chi connectivity index (χ0) is 12.3. The molecule has 2 rings (SSSR count). The van der Waals surface area contributed by atoms with E-state index in [9.17, 15) is 9.70 Å². The van der Waals surface area contributed by atoms with Gasteiger partial charge in [0.2, 0.25) is 6.17 Å². The molecule has 17 heavy (non-hydrogen) atoms. The number of aromatic nitrogens is 2. The molecule has 0 aliphatic rings. The number of carbonyl (C=O) groups is 1. The van der Waals surface area contributed by atoms with Crippen molar-refractivity contribution in [3.05, 3.63) is 58.3 Å². The highest BCUT2D eigenvalue weighted by molar-refractivity contribution is 5.71. The van der Waals surface area contributed by atoms with E-state index < -0.39 is 6.17 Å². The molecule has 0 fully saturated rings. The summed E-state index contributed by atoms with van der Waals surface area (Å²) in [5.74, 6) is 0. The minimum atomic E-state index is -0.800. The lowest BCUT2D eigenvalue weighted by atomic mass is 10.1. The smallest absolute Gasteiger partial charge is 0.209 e. The van der Waals surface area contributed by atoms with Crippen LogP contribution in [0.2, 0.25) is 0 Å². The molecule has 5 heteroatoms. The van der Waals surface area contributed by atoms with Crippen LogP contribution >= 0.6 is 0 Å². The van der Waals surface area contributed by atoms with Gasteiger partial charge in [-0.3, -0.25) is 4.79 Å². The molecule has 1 aromatic carbocycles. The molecule has 0 spiro atoms. The van der Waals surface area contributed by atoms with Crippen molar-refractivity contribution in [3.8, 4) is 0 Å². The summed E-state index contributed by atoms with van der Waals surface area (Å²) in [6.07, 6.45) is 1.33. The molecule has 0 aliphatic carbocycles. The van der Waals surface area contributed by atoms with Gasteiger partial charge in [0.1, 0.15) is 5.69 Å². The molecular formula is C12H11N3O2. The van der Waals surface area contributed by atoms with Crippen molar-refractivity contribution in [1.82, 2.24) is 9.78 Å². The minimum Gasteiger partial charge on any atom is -0.296 e. The number of aldehydes is 1. The van der Waals surface area contributed by atoms with Crippen molar-refractivity contribution >= 4 is 6.29 Å². The standard InChI is InChI=1S/C12H11N3O2/c1-9-4-2-3-5-11(9)12(14-17)15-10(8-16)6-7-13-15/h2-8,12H,1H3. The van der Waals surface area contributed by atoms with Crippen molar-refractivity contribution in [2.45, 2.75) is 13.1 Å². The topological polar surface area (TPSA) is 64.3 Å². The van der Waals surface area contributed by atoms with Crippen LogP contribution in [0.1, 0.15) is 27.8 Å². The minimum absolute atomic E-state index is 0.331. The van der Waals surface area contributed by atoms with Gasteiger partial charge < -0.3 is 0 Å². The fourth-order valence-corrected chi connectivity index (χ4v) is 1.73. The van der Waals surface area contributed by atoms with Crippen LogP contribution in [0.4, 0.5) is 0 Å². The molecule has 0 bridgehead atoms. The summed E-state index contributed by atoms with van der Waals surface area (Å²) in [4.78, 5) is 21.8. The summed E-state index contributed by atoms with van der Waals surface area (Å²) < 4.78 is 1.32. The maximum atomic E-state index is 11.0. The normalized spacial score (nSPS) is 12.1. The molecule has 0 amide bonds. The monoisotopic (exact) mass is 229 g/mol. The predicted octanol–water partition coefficient (Wildman–Crippen LogP) is 2.32. The number of hydrogen-bond acceptors (Lipinski definition) is 4. The first-order valence-corrected chi connectivity index (χ1v) is 5.14. The molecule has 0 aliphatic heterocycles. The van der Waals surface area contributed by atoms with Gasteiger partial charge in [0.25, 0.3) is 0 Å². The third kappa shape index (κ3) is 1.99. The Kier molecular flexibility index (Phi) is 3.09. The predicted molar refractivity (Wildman–Crippen MR) is 62.7 cm³/mol. The van der Waals surface area contributed by atoms with E-state index in [0.29, 0.717) is 12.0 Å². The fourth-order valence-electron chi connectivity index (χ4n) is 1.73. The first kappa shape index (κ1) is 11.2. The summed E-state index contributed by atoms with van der Waals surface area (Å²) in [5, 5.41) is 7.03. The second-order valence-corrected chi connectivity index (χ2v) is 3.65. The van der Waals surface area contributed by atoms with Crippen LogP contribution in [0.15, 0.2) is 41.7 Å². The molecule has 0 radical (unpaired) electrons. The van der Waals surface area contributed by atoms with Gasteiger partial charge in [-0.1, -0.05) is 24.3 Å². The highest BCUT2D eigenvalue weighted by Crippen LogP contribution is 2.23. The summed E-state index contributed by atoms with van der Waals surface area (Å²) in [6, 6.07) is 8.94. The average Bonchev–Trinajstić information content (AvgIpc) is 2.81. The van der Waals surface area contributed by atoms with E-state index in [1.807, 2.05) is 25.1 Å². The second kappa shape index (κ2) is 4.69. The van der Waals surface area contributed by atoms with E-state index in [0.717, 1.165) is 11.1 Å². The molecule has 5 nitrogen and oxygen atoms in total. The molecule has 1 atom stereocenters. The molecule has 86 valence electrons. The van der Waals surface area contributed by atoms with Gasteiger partial charge in [-0.05, 0) is 23.7 Å². The Hall–Kier alpha value is -2.30. The Bertz CT molecular complexity index is 548. The lowest BCUT2D eigenvalue weighted by Crippen LogP contribution is -2.13. The number of benzene rings is 1. The first-order chi connectivity index (χ1) is 8.27. The third-order valence-electron chi connectivity index (χ3n) is 2.62. The van der Waals surface area contributed by atoms with Crippen molar-refractivity contribution in [2.24, 2.45) is 5.18 Å². The highest BCUT2D eigenvalue weighted by atomic mass is 16.3. The van der Waals surface area contributed by atoms with Crippen LogP contribution in [0.5, 0.6) is 0 Å². The van der Waals surface area contributed by atoms with Gasteiger partial charge in [0, 0.05) is 11.8 Å². The Morgan fingerprint density at radius 2 is 2.12 bits per heavy atom. The van der Waals surface area contributed by atoms with E-state index in [1.54, 1.807) is 12.1 Å². The first-order valence-electron chi connectivity index (χ1n) is 5.14. The Labute approximate surface area is 98.0 Å². The highest BCUT2D eigenvalue weighted by Gasteiger charge is 2.19. The Balaban J connectivity index is 2.51. The van der Waals surface area contributed by atoms with Crippen molar-refractivity contribution in [2.75, 3.05) is 0 Å². The zero-order valence-corrected chi connectivity index (χ0v) is 9.28. The van der Waals surface area contributed by atoms with Crippen molar-refractivity contribution in [3.63, 3.8) is 0 Å². The van der Waals surface area contributed by atoms with Gasteiger partial charge in [0.15, 0.2) is 6.29 Å². The van der Waals surface area contributed by atoms with Gasteiger partial charge in [0.05, 0.1) is 0 Å². The van der Waals surface area contributed by atoms with E-state index in [-0.39, 0.29) is 0 Å². The van der Waals surface area contributed by atoms with Crippen molar-refractivity contribution < 1.29 is 4.79 Å². The number of nitrogens with zero attached hydrogens (tertiary/aromatic N) is 3. The largest absolute Gasteiger partial charge is 0.296 e. The summed E-state index contributed by atoms with van der Waals surface area (Å²) in [6.45, 7) is 1.89. The summed E-state index contributed by atoms with van der Waals surface area (Å²) >= 11 is 0. The average molecular weight is 229 g/mol. The molecule has 0 saturated heterocycles. The molecule has 1 aromatic heterocycles. The van der Waals surface area contributed by atoms with Crippen LogP contribution < -0.4 is 0 Å². The lowest BCUT2D eigenvalue weighted by Gasteiger charge is -2.13. The molecule has 0 saturated carbocycles. The maximum Gasteiger partial charge on any atom is 0.209 e. The fraction of sp³-hybridized carbons (Fsp3) is 0.167. The molecular weight excluding hydrogens is 218 g/mol. The van der Waals surface area contributed by atoms with Crippen LogP contribution in [-0.4, -0.2) is 16.1 Å². The van der Waals surface area contributed by atoms with E-state index in [1.165, 1.54) is 10.9 Å².